The maximum Gasteiger partial charge on any atom is 0.205 e. The molecule has 118 valence electrons. The molecule has 1 aromatic rings. The second-order valence-corrected chi connectivity index (χ2v) is 6.39. The third-order valence-electron chi connectivity index (χ3n) is 5.02. The fourth-order valence-electron chi connectivity index (χ4n) is 3.92. The number of fused-ring (bicyclic) bond motifs is 1. The second kappa shape index (κ2) is 6.79. The quantitative estimate of drug-likeness (QED) is 0.813. The van der Waals surface area contributed by atoms with Gasteiger partial charge in [-0.05, 0) is 38.0 Å². The van der Waals surface area contributed by atoms with Crippen LogP contribution in [0.5, 0.6) is 0 Å². The van der Waals surface area contributed by atoms with E-state index in [-0.39, 0.29) is 0 Å². The van der Waals surface area contributed by atoms with Crippen LogP contribution in [-0.4, -0.2) is 41.9 Å². The average molecular weight is 292 g/mol. The van der Waals surface area contributed by atoms with Crippen molar-refractivity contribution in [1.29, 1.82) is 0 Å². The number of nitrogens with zero attached hydrogens (tertiary/aromatic N) is 3. The average Bonchev–Trinajstić information content (AvgIpc) is 3.10. The van der Waals surface area contributed by atoms with E-state index in [0.717, 1.165) is 51.1 Å². The van der Waals surface area contributed by atoms with E-state index in [4.69, 9.17) is 10.5 Å². The Bertz CT molecular complexity index is 447. The number of ether oxygens (including phenoxy) is 1. The van der Waals surface area contributed by atoms with Crippen molar-refractivity contribution in [2.45, 2.75) is 45.2 Å². The van der Waals surface area contributed by atoms with Crippen molar-refractivity contribution in [2.24, 2.45) is 17.6 Å². The standard InChI is InChI=1S/C16H28N4O/c1-2-21-10-4-8-19-9-7-18-16(19)20-11-13-5-3-6-15(17)14(13)12-20/h7,9,13-15H,2-6,8,10-12,17H2,1H3. The van der Waals surface area contributed by atoms with E-state index in [9.17, 15) is 0 Å². The van der Waals surface area contributed by atoms with Gasteiger partial charge in [0.05, 0.1) is 0 Å². The molecule has 1 saturated heterocycles. The van der Waals surface area contributed by atoms with Gasteiger partial charge in [0.25, 0.3) is 0 Å². The van der Waals surface area contributed by atoms with Crippen LogP contribution in [0.15, 0.2) is 12.4 Å². The monoisotopic (exact) mass is 292 g/mol. The summed E-state index contributed by atoms with van der Waals surface area (Å²) < 4.78 is 7.69. The van der Waals surface area contributed by atoms with Gasteiger partial charge < -0.3 is 19.9 Å². The maximum absolute atomic E-state index is 6.32. The number of rotatable bonds is 6. The largest absolute Gasteiger partial charge is 0.382 e. The number of hydrogen-bond acceptors (Lipinski definition) is 4. The van der Waals surface area contributed by atoms with Gasteiger partial charge in [0.2, 0.25) is 5.95 Å². The van der Waals surface area contributed by atoms with Crippen LogP contribution in [0.1, 0.15) is 32.6 Å². The third kappa shape index (κ3) is 3.24. The van der Waals surface area contributed by atoms with E-state index < -0.39 is 0 Å². The van der Waals surface area contributed by atoms with E-state index >= 15 is 0 Å². The van der Waals surface area contributed by atoms with Gasteiger partial charge in [0.1, 0.15) is 0 Å². The fourth-order valence-corrected chi connectivity index (χ4v) is 3.92. The molecule has 5 nitrogen and oxygen atoms in total. The number of hydrogen-bond donors (Lipinski definition) is 1. The Kier molecular flexibility index (Phi) is 4.80. The van der Waals surface area contributed by atoms with Gasteiger partial charge >= 0.3 is 0 Å². The summed E-state index contributed by atoms with van der Waals surface area (Å²) in [6.07, 6.45) is 8.86. The second-order valence-electron chi connectivity index (χ2n) is 6.39. The molecule has 0 spiro atoms. The summed E-state index contributed by atoms with van der Waals surface area (Å²) in [5.74, 6) is 2.54. The lowest BCUT2D eigenvalue weighted by Crippen LogP contribution is -2.38. The highest BCUT2D eigenvalue weighted by molar-refractivity contribution is 5.34. The highest BCUT2D eigenvalue weighted by Gasteiger charge is 2.39. The summed E-state index contributed by atoms with van der Waals surface area (Å²) in [5.41, 5.74) is 6.32. The van der Waals surface area contributed by atoms with Crippen molar-refractivity contribution in [2.75, 3.05) is 31.2 Å². The molecule has 2 aliphatic rings. The van der Waals surface area contributed by atoms with Crippen LogP contribution in [0.3, 0.4) is 0 Å². The molecule has 0 amide bonds. The fraction of sp³-hybridized carbons (Fsp3) is 0.812. The molecule has 1 aliphatic carbocycles. The van der Waals surface area contributed by atoms with Crippen molar-refractivity contribution in [1.82, 2.24) is 9.55 Å². The summed E-state index contributed by atoms with van der Waals surface area (Å²) in [6.45, 7) is 6.84. The summed E-state index contributed by atoms with van der Waals surface area (Å²) in [4.78, 5) is 7.03. The van der Waals surface area contributed by atoms with E-state index in [1.165, 1.54) is 19.3 Å². The molecule has 1 aromatic heterocycles. The van der Waals surface area contributed by atoms with Crippen molar-refractivity contribution in [3.8, 4) is 0 Å². The van der Waals surface area contributed by atoms with Crippen LogP contribution in [0.4, 0.5) is 5.95 Å². The summed E-state index contributed by atoms with van der Waals surface area (Å²) in [7, 11) is 0. The first-order valence-electron chi connectivity index (χ1n) is 8.39. The Morgan fingerprint density at radius 3 is 3.10 bits per heavy atom. The van der Waals surface area contributed by atoms with Gasteiger partial charge in [0.15, 0.2) is 0 Å². The van der Waals surface area contributed by atoms with Gasteiger partial charge in [-0.1, -0.05) is 6.42 Å². The molecule has 3 atom stereocenters. The minimum Gasteiger partial charge on any atom is -0.382 e. The Labute approximate surface area is 127 Å². The summed E-state index contributed by atoms with van der Waals surface area (Å²) >= 11 is 0. The van der Waals surface area contributed by atoms with Crippen LogP contribution in [0.2, 0.25) is 0 Å². The molecule has 2 N–H and O–H groups in total. The van der Waals surface area contributed by atoms with E-state index in [1.807, 2.05) is 13.1 Å². The summed E-state index contributed by atoms with van der Waals surface area (Å²) in [6, 6.07) is 0.384. The van der Waals surface area contributed by atoms with E-state index in [2.05, 4.69) is 20.6 Å². The first kappa shape index (κ1) is 14.9. The zero-order chi connectivity index (χ0) is 14.7. The molecule has 0 aromatic carbocycles. The van der Waals surface area contributed by atoms with Gasteiger partial charge in [0, 0.05) is 51.3 Å². The lowest BCUT2D eigenvalue weighted by atomic mass is 9.78. The highest BCUT2D eigenvalue weighted by Crippen LogP contribution is 2.37. The zero-order valence-corrected chi connectivity index (χ0v) is 13.1. The Balaban J connectivity index is 1.61. The van der Waals surface area contributed by atoms with Gasteiger partial charge in [-0.2, -0.15) is 0 Å². The molecule has 0 bridgehead atoms. The molecule has 0 radical (unpaired) electrons. The third-order valence-corrected chi connectivity index (χ3v) is 5.02. The molecule has 3 unspecified atom stereocenters. The molecule has 2 fully saturated rings. The van der Waals surface area contributed by atoms with Crippen LogP contribution in [0, 0.1) is 11.8 Å². The highest BCUT2D eigenvalue weighted by atomic mass is 16.5. The molecule has 2 heterocycles. The lowest BCUT2D eigenvalue weighted by Gasteiger charge is -2.29. The predicted octanol–water partition coefficient (Wildman–Crippen LogP) is 1.87. The van der Waals surface area contributed by atoms with Crippen molar-refractivity contribution < 1.29 is 4.74 Å². The number of imidazole rings is 1. The lowest BCUT2D eigenvalue weighted by molar-refractivity contribution is 0.141. The molecule has 1 aliphatic heterocycles. The normalized spacial score (nSPS) is 28.9. The number of aromatic nitrogens is 2. The maximum atomic E-state index is 6.32. The Morgan fingerprint density at radius 2 is 2.29 bits per heavy atom. The molecule has 1 saturated carbocycles. The van der Waals surface area contributed by atoms with Crippen LogP contribution in [-0.2, 0) is 11.3 Å². The van der Waals surface area contributed by atoms with Gasteiger partial charge in [-0.25, -0.2) is 4.98 Å². The summed E-state index contributed by atoms with van der Waals surface area (Å²) in [5, 5.41) is 0. The Hall–Kier alpha value is -1.07. The number of aryl methyl sites for hydroxylation is 1. The van der Waals surface area contributed by atoms with Crippen LogP contribution in [0.25, 0.3) is 0 Å². The minimum absolute atomic E-state index is 0.384. The van der Waals surface area contributed by atoms with Crippen molar-refractivity contribution >= 4 is 5.95 Å². The molecular formula is C16H28N4O. The predicted molar refractivity (Wildman–Crippen MR) is 84.4 cm³/mol. The Morgan fingerprint density at radius 1 is 1.38 bits per heavy atom. The SMILES string of the molecule is CCOCCCn1ccnc1N1CC2CCCC(N)C2C1. The van der Waals surface area contributed by atoms with Crippen molar-refractivity contribution in [3.05, 3.63) is 12.4 Å². The van der Waals surface area contributed by atoms with Gasteiger partial charge in [-0.15, -0.1) is 0 Å². The van der Waals surface area contributed by atoms with E-state index in [0.29, 0.717) is 12.0 Å². The topological polar surface area (TPSA) is 56.3 Å². The minimum atomic E-state index is 0.384. The molecular weight excluding hydrogens is 264 g/mol. The number of nitrogens with two attached hydrogens (primary N) is 1. The van der Waals surface area contributed by atoms with Crippen LogP contribution < -0.4 is 10.6 Å². The zero-order valence-electron chi connectivity index (χ0n) is 13.1. The number of anilines is 1. The first-order valence-corrected chi connectivity index (χ1v) is 8.39. The molecule has 21 heavy (non-hydrogen) atoms. The molecule has 5 heteroatoms. The van der Waals surface area contributed by atoms with Crippen LogP contribution >= 0.6 is 0 Å². The first-order chi connectivity index (χ1) is 10.3. The smallest absolute Gasteiger partial charge is 0.205 e. The molecule has 3 rings (SSSR count). The van der Waals surface area contributed by atoms with Crippen molar-refractivity contribution in [3.63, 3.8) is 0 Å². The van der Waals surface area contributed by atoms with E-state index in [1.54, 1.807) is 0 Å². The van der Waals surface area contributed by atoms with Gasteiger partial charge in [-0.3, -0.25) is 0 Å².